The zero-order valence-corrected chi connectivity index (χ0v) is 13.7. The van der Waals surface area contributed by atoms with Crippen molar-refractivity contribution in [1.82, 2.24) is 4.90 Å². The van der Waals surface area contributed by atoms with Crippen molar-refractivity contribution in [3.05, 3.63) is 59.4 Å². The van der Waals surface area contributed by atoms with Crippen molar-refractivity contribution in [3.63, 3.8) is 0 Å². The molecule has 1 aliphatic heterocycles. The first-order valence-corrected chi connectivity index (χ1v) is 8.38. The molecule has 0 spiro atoms. The monoisotopic (exact) mass is 339 g/mol. The van der Waals surface area contributed by atoms with Gasteiger partial charge in [0, 0.05) is 17.5 Å². The molecule has 2 aromatic carbocycles. The highest BCUT2D eigenvalue weighted by Crippen LogP contribution is 2.31. The van der Waals surface area contributed by atoms with Crippen LogP contribution >= 0.6 is 0 Å². The van der Waals surface area contributed by atoms with E-state index in [1.165, 1.54) is 24.5 Å². The van der Waals surface area contributed by atoms with Crippen LogP contribution in [0.1, 0.15) is 28.8 Å². The number of fused-ring (bicyclic) bond motifs is 1. The first-order valence-electron chi connectivity index (χ1n) is 8.38. The van der Waals surface area contributed by atoms with Gasteiger partial charge in [-0.25, -0.2) is 9.18 Å². The fourth-order valence-corrected chi connectivity index (χ4v) is 3.39. The van der Waals surface area contributed by atoms with E-state index in [1.807, 2.05) is 12.1 Å². The lowest BCUT2D eigenvalue weighted by molar-refractivity contribution is 0.0697. The van der Waals surface area contributed by atoms with E-state index in [1.54, 1.807) is 6.07 Å². The Hall–Kier alpha value is -2.66. The average molecular weight is 339 g/mol. The van der Waals surface area contributed by atoms with Gasteiger partial charge >= 0.3 is 5.97 Å². The summed E-state index contributed by atoms with van der Waals surface area (Å²) in [4.78, 5) is 13.7. The SMILES string of the molecule is O=C(O)c1cc(F)cc2cc(-c3ccc(CN4CCCC4)cc3)oc12. The molecule has 3 aromatic rings. The molecule has 4 nitrogen and oxygen atoms in total. The molecule has 0 aliphatic carbocycles. The molecule has 0 bridgehead atoms. The molecule has 5 heteroatoms. The van der Waals surface area contributed by atoms with E-state index in [4.69, 9.17) is 4.42 Å². The second kappa shape index (κ2) is 6.33. The molecule has 1 aromatic heterocycles. The minimum absolute atomic E-state index is 0.160. The van der Waals surface area contributed by atoms with Crippen LogP contribution in [0.3, 0.4) is 0 Å². The summed E-state index contributed by atoms with van der Waals surface area (Å²) >= 11 is 0. The van der Waals surface area contributed by atoms with Gasteiger partial charge in [-0.2, -0.15) is 0 Å². The number of nitrogens with zero attached hydrogens (tertiary/aromatic N) is 1. The molecular weight excluding hydrogens is 321 g/mol. The van der Waals surface area contributed by atoms with Gasteiger partial charge in [-0.1, -0.05) is 24.3 Å². The number of likely N-dealkylation sites (tertiary alicyclic amines) is 1. The third-order valence-electron chi connectivity index (χ3n) is 4.65. The highest BCUT2D eigenvalue weighted by Gasteiger charge is 2.17. The lowest BCUT2D eigenvalue weighted by Gasteiger charge is -2.14. The second-order valence-electron chi connectivity index (χ2n) is 6.47. The molecule has 0 saturated carbocycles. The van der Waals surface area contributed by atoms with Crippen molar-refractivity contribution < 1.29 is 18.7 Å². The summed E-state index contributed by atoms with van der Waals surface area (Å²) in [6, 6.07) is 12.0. The van der Waals surface area contributed by atoms with Crippen molar-refractivity contribution in [2.75, 3.05) is 13.1 Å². The van der Waals surface area contributed by atoms with Gasteiger partial charge in [0.15, 0.2) is 0 Å². The van der Waals surface area contributed by atoms with Crippen LogP contribution in [0.25, 0.3) is 22.3 Å². The Bertz CT molecular complexity index is 924. The van der Waals surface area contributed by atoms with E-state index in [-0.39, 0.29) is 11.1 Å². The van der Waals surface area contributed by atoms with Crippen LogP contribution in [0, 0.1) is 5.82 Å². The number of carboxylic acid groups (broad SMARTS) is 1. The van der Waals surface area contributed by atoms with Gasteiger partial charge in [0.2, 0.25) is 0 Å². The van der Waals surface area contributed by atoms with Crippen LogP contribution in [0.5, 0.6) is 0 Å². The molecule has 1 aliphatic rings. The molecule has 0 radical (unpaired) electrons. The van der Waals surface area contributed by atoms with E-state index in [0.29, 0.717) is 11.1 Å². The van der Waals surface area contributed by atoms with Crippen LogP contribution in [0.4, 0.5) is 4.39 Å². The normalized spacial score (nSPS) is 15.1. The van der Waals surface area contributed by atoms with E-state index >= 15 is 0 Å². The summed E-state index contributed by atoms with van der Waals surface area (Å²) in [6.45, 7) is 3.23. The maximum atomic E-state index is 13.6. The van der Waals surface area contributed by atoms with E-state index < -0.39 is 11.8 Å². The summed E-state index contributed by atoms with van der Waals surface area (Å²) in [6.07, 6.45) is 2.53. The number of carboxylic acids is 1. The highest BCUT2D eigenvalue weighted by atomic mass is 19.1. The largest absolute Gasteiger partial charge is 0.478 e. The number of benzene rings is 2. The lowest BCUT2D eigenvalue weighted by atomic mass is 10.1. The molecule has 2 heterocycles. The average Bonchev–Trinajstić information content (AvgIpc) is 3.24. The lowest BCUT2D eigenvalue weighted by Crippen LogP contribution is -2.18. The van der Waals surface area contributed by atoms with E-state index in [9.17, 15) is 14.3 Å². The molecule has 0 amide bonds. The summed E-state index contributed by atoms with van der Waals surface area (Å²) in [7, 11) is 0. The van der Waals surface area contributed by atoms with E-state index in [0.717, 1.165) is 31.3 Å². The number of hydrogen-bond acceptors (Lipinski definition) is 3. The molecule has 1 N–H and O–H groups in total. The zero-order valence-electron chi connectivity index (χ0n) is 13.7. The molecule has 0 atom stereocenters. The van der Waals surface area contributed by atoms with Crippen LogP contribution in [0.2, 0.25) is 0 Å². The van der Waals surface area contributed by atoms with Crippen molar-refractivity contribution in [1.29, 1.82) is 0 Å². The topological polar surface area (TPSA) is 53.7 Å². The molecule has 1 fully saturated rings. The van der Waals surface area contributed by atoms with Gasteiger partial charge in [0.05, 0.1) is 0 Å². The number of hydrogen-bond donors (Lipinski definition) is 1. The van der Waals surface area contributed by atoms with Gasteiger partial charge < -0.3 is 9.52 Å². The Morgan fingerprint density at radius 1 is 1.12 bits per heavy atom. The predicted molar refractivity (Wildman–Crippen MR) is 93.1 cm³/mol. The third-order valence-corrected chi connectivity index (χ3v) is 4.65. The smallest absolute Gasteiger partial charge is 0.339 e. The Balaban J connectivity index is 1.65. The number of rotatable bonds is 4. The van der Waals surface area contributed by atoms with E-state index in [2.05, 4.69) is 17.0 Å². The third kappa shape index (κ3) is 3.15. The molecule has 0 unspecified atom stereocenters. The van der Waals surface area contributed by atoms with Crippen molar-refractivity contribution in [3.8, 4) is 11.3 Å². The van der Waals surface area contributed by atoms with Gasteiger partial charge in [-0.05, 0) is 49.7 Å². The van der Waals surface area contributed by atoms with Gasteiger partial charge in [0.25, 0.3) is 0 Å². The molecular formula is C20H18FNO3. The minimum atomic E-state index is -1.20. The molecule has 25 heavy (non-hydrogen) atoms. The summed E-state index contributed by atoms with van der Waals surface area (Å²) in [5, 5.41) is 9.68. The molecule has 128 valence electrons. The Kier molecular flexibility index (Phi) is 4.01. The number of halogens is 1. The minimum Gasteiger partial charge on any atom is -0.478 e. The number of aromatic carboxylic acids is 1. The molecule has 4 rings (SSSR count). The van der Waals surface area contributed by atoms with Crippen LogP contribution in [-0.4, -0.2) is 29.1 Å². The Morgan fingerprint density at radius 2 is 1.84 bits per heavy atom. The van der Waals surface area contributed by atoms with Crippen molar-refractivity contribution in [2.24, 2.45) is 0 Å². The Morgan fingerprint density at radius 3 is 2.52 bits per heavy atom. The standard InChI is InChI=1S/C20H18FNO3/c21-16-9-15-10-18(25-19(15)17(11-16)20(23)24)14-5-3-13(4-6-14)12-22-7-1-2-8-22/h3-6,9-11H,1-2,7-8,12H2,(H,23,24). The second-order valence-corrected chi connectivity index (χ2v) is 6.47. The zero-order chi connectivity index (χ0) is 17.4. The van der Waals surface area contributed by atoms with Crippen LogP contribution in [0.15, 0.2) is 46.9 Å². The van der Waals surface area contributed by atoms with Crippen LogP contribution < -0.4 is 0 Å². The first-order chi connectivity index (χ1) is 12.1. The maximum absolute atomic E-state index is 13.6. The maximum Gasteiger partial charge on any atom is 0.339 e. The Labute approximate surface area is 144 Å². The summed E-state index contributed by atoms with van der Waals surface area (Å²) in [5.41, 5.74) is 2.12. The molecule has 1 saturated heterocycles. The van der Waals surface area contributed by atoms with Crippen molar-refractivity contribution in [2.45, 2.75) is 19.4 Å². The van der Waals surface area contributed by atoms with Gasteiger partial charge in [-0.15, -0.1) is 0 Å². The highest BCUT2D eigenvalue weighted by molar-refractivity contribution is 6.02. The predicted octanol–water partition coefficient (Wildman–Crippen LogP) is 4.53. The number of furan rings is 1. The van der Waals surface area contributed by atoms with Crippen LogP contribution in [-0.2, 0) is 6.54 Å². The first kappa shape index (κ1) is 15.8. The van der Waals surface area contributed by atoms with Gasteiger partial charge in [-0.3, -0.25) is 4.90 Å². The van der Waals surface area contributed by atoms with Crippen molar-refractivity contribution >= 4 is 16.9 Å². The summed E-state index contributed by atoms with van der Waals surface area (Å²) in [5.74, 6) is -1.25. The fourth-order valence-electron chi connectivity index (χ4n) is 3.39. The van der Waals surface area contributed by atoms with Gasteiger partial charge in [0.1, 0.15) is 22.7 Å². The summed E-state index contributed by atoms with van der Waals surface area (Å²) < 4.78 is 19.3. The quantitative estimate of drug-likeness (QED) is 0.758. The fraction of sp³-hybridized carbons (Fsp3) is 0.250. The number of carbonyl (C=O) groups is 1.